The molecule has 1 saturated heterocycles. The molecule has 1 aliphatic heterocycles. The highest BCUT2D eigenvalue weighted by molar-refractivity contribution is 7.22. The average molecular weight is 506 g/mol. The summed E-state index contributed by atoms with van der Waals surface area (Å²) < 4.78 is 6.33. The number of rotatable bonds is 7. The molecule has 0 aliphatic carbocycles. The molecule has 0 saturated carbocycles. The summed E-state index contributed by atoms with van der Waals surface area (Å²) in [6.07, 6.45) is 4.68. The number of carbonyl (C=O) groups excluding carboxylic acids is 1. The number of nitrogens with zero attached hydrogens (tertiary/aromatic N) is 5. The molecule has 1 unspecified atom stereocenters. The van der Waals surface area contributed by atoms with Crippen LogP contribution in [0.4, 0.5) is 15.6 Å². The van der Waals surface area contributed by atoms with Crippen molar-refractivity contribution >= 4 is 38.4 Å². The van der Waals surface area contributed by atoms with Crippen molar-refractivity contribution < 1.29 is 14.6 Å². The number of aliphatic hydroxyl groups excluding tert-OH is 1. The van der Waals surface area contributed by atoms with E-state index in [1.165, 1.54) is 11.3 Å². The van der Waals surface area contributed by atoms with Gasteiger partial charge in [0.25, 0.3) is 0 Å². The summed E-state index contributed by atoms with van der Waals surface area (Å²) in [6.45, 7) is 5.68. The number of carbonyl (C=O) groups is 1. The Kier molecular flexibility index (Phi) is 6.77. The number of aliphatic hydroxyl groups is 1. The lowest BCUT2D eigenvalue weighted by Crippen LogP contribution is -2.51. The molecule has 5 rings (SSSR count). The van der Waals surface area contributed by atoms with Crippen molar-refractivity contribution in [2.75, 3.05) is 37.0 Å². The van der Waals surface area contributed by atoms with Crippen LogP contribution in [0, 0.1) is 0 Å². The third kappa shape index (κ3) is 4.85. The van der Waals surface area contributed by atoms with Gasteiger partial charge in [0.05, 0.1) is 22.0 Å². The Morgan fingerprint density at radius 1 is 1.22 bits per heavy atom. The van der Waals surface area contributed by atoms with Gasteiger partial charge in [-0.1, -0.05) is 11.3 Å². The molecular formula is C25H27N7O3S. The Balaban J connectivity index is 1.58. The van der Waals surface area contributed by atoms with Crippen molar-refractivity contribution in [2.45, 2.75) is 26.1 Å². The highest BCUT2D eigenvalue weighted by Crippen LogP contribution is 2.39. The number of benzene rings is 1. The van der Waals surface area contributed by atoms with Gasteiger partial charge in [-0.15, -0.1) is 0 Å². The average Bonchev–Trinajstić information content (AvgIpc) is 3.25. The van der Waals surface area contributed by atoms with Gasteiger partial charge >= 0.3 is 6.03 Å². The van der Waals surface area contributed by atoms with Crippen LogP contribution in [0.5, 0.6) is 0 Å². The molecular weight excluding hydrogens is 478 g/mol. The van der Waals surface area contributed by atoms with E-state index in [0.717, 1.165) is 51.4 Å². The molecule has 10 nitrogen and oxygen atoms in total. The van der Waals surface area contributed by atoms with Crippen molar-refractivity contribution in [2.24, 2.45) is 0 Å². The molecule has 0 spiro atoms. The summed E-state index contributed by atoms with van der Waals surface area (Å²) in [5, 5.41) is 15.8. The Morgan fingerprint density at radius 3 is 2.69 bits per heavy atom. The van der Waals surface area contributed by atoms with E-state index < -0.39 is 6.10 Å². The summed E-state index contributed by atoms with van der Waals surface area (Å²) >= 11 is 1.40. The van der Waals surface area contributed by atoms with E-state index in [1.54, 1.807) is 32.6 Å². The second-order valence-corrected chi connectivity index (χ2v) is 9.54. The molecule has 3 aromatic heterocycles. The normalized spacial score (nSPS) is 14.5. The Morgan fingerprint density at radius 2 is 2.00 bits per heavy atom. The van der Waals surface area contributed by atoms with Crippen LogP contribution >= 0.6 is 11.3 Å². The predicted molar refractivity (Wildman–Crippen MR) is 140 cm³/mol. The molecule has 4 aromatic rings. The van der Waals surface area contributed by atoms with Crippen molar-refractivity contribution in [3.63, 3.8) is 0 Å². The first kappa shape index (κ1) is 24.0. The fourth-order valence-electron chi connectivity index (χ4n) is 4.01. The third-order valence-electron chi connectivity index (χ3n) is 5.99. The van der Waals surface area contributed by atoms with Crippen LogP contribution in [0.2, 0.25) is 0 Å². The van der Waals surface area contributed by atoms with Gasteiger partial charge in [0.15, 0.2) is 11.0 Å². The van der Waals surface area contributed by atoms with E-state index in [4.69, 9.17) is 4.74 Å². The van der Waals surface area contributed by atoms with E-state index in [0.29, 0.717) is 17.5 Å². The number of hydrogen-bond donors (Lipinski definition) is 3. The van der Waals surface area contributed by atoms with Gasteiger partial charge in [-0.2, -0.15) is 0 Å². The van der Waals surface area contributed by atoms with Crippen LogP contribution in [-0.4, -0.2) is 63.9 Å². The number of ether oxygens (including phenoxy) is 1. The Labute approximate surface area is 212 Å². The molecule has 3 N–H and O–H groups in total. The lowest BCUT2D eigenvalue weighted by atomic mass is 10.0. The molecule has 4 heterocycles. The second-order valence-electron chi connectivity index (χ2n) is 8.54. The van der Waals surface area contributed by atoms with Gasteiger partial charge in [-0.3, -0.25) is 10.3 Å². The lowest BCUT2D eigenvalue weighted by Gasteiger charge is -2.40. The highest BCUT2D eigenvalue weighted by Gasteiger charge is 2.27. The van der Waals surface area contributed by atoms with Gasteiger partial charge in [0.1, 0.15) is 6.10 Å². The minimum absolute atomic E-state index is 0.241. The van der Waals surface area contributed by atoms with Crippen LogP contribution in [0.25, 0.3) is 32.6 Å². The van der Waals surface area contributed by atoms with Crippen molar-refractivity contribution in [1.29, 1.82) is 0 Å². The molecule has 11 heteroatoms. The maximum Gasteiger partial charge on any atom is 0.321 e. The minimum atomic E-state index is -0.746. The SMILES string of the molecule is CCNC(=O)Nc1nc2cc(-c3cnc(C(C)O)nc3)cc(-c3cc(N4CC(OC)C4)ccn3)c2s1. The molecule has 0 radical (unpaired) electrons. The molecule has 36 heavy (non-hydrogen) atoms. The van der Waals surface area contributed by atoms with Gasteiger partial charge in [-0.05, 0) is 43.7 Å². The van der Waals surface area contributed by atoms with Crippen molar-refractivity contribution in [1.82, 2.24) is 25.3 Å². The van der Waals surface area contributed by atoms with Crippen LogP contribution < -0.4 is 15.5 Å². The van der Waals surface area contributed by atoms with E-state index in [1.807, 2.05) is 25.1 Å². The molecule has 0 bridgehead atoms. The number of anilines is 2. The van der Waals surface area contributed by atoms with E-state index >= 15 is 0 Å². The maximum absolute atomic E-state index is 12.1. The second kappa shape index (κ2) is 10.1. The van der Waals surface area contributed by atoms with Crippen LogP contribution in [0.3, 0.4) is 0 Å². The quantitative estimate of drug-likeness (QED) is 0.346. The van der Waals surface area contributed by atoms with E-state index in [2.05, 4.69) is 41.5 Å². The number of nitrogens with one attached hydrogen (secondary N) is 2. The van der Waals surface area contributed by atoms with Crippen LogP contribution in [0.1, 0.15) is 25.8 Å². The van der Waals surface area contributed by atoms with Crippen molar-refractivity contribution in [3.8, 4) is 22.4 Å². The third-order valence-corrected chi connectivity index (χ3v) is 7.01. The monoisotopic (exact) mass is 505 g/mol. The van der Waals surface area contributed by atoms with Crippen LogP contribution in [-0.2, 0) is 4.74 Å². The Bertz CT molecular complexity index is 1380. The zero-order chi connectivity index (χ0) is 25.2. The number of pyridine rings is 1. The topological polar surface area (TPSA) is 125 Å². The zero-order valence-corrected chi connectivity index (χ0v) is 21.0. The summed E-state index contributed by atoms with van der Waals surface area (Å²) in [7, 11) is 1.73. The molecule has 1 aliphatic rings. The summed E-state index contributed by atoms with van der Waals surface area (Å²) in [5.74, 6) is 0.361. The summed E-state index contributed by atoms with van der Waals surface area (Å²) in [5.41, 5.74) is 5.15. The van der Waals surface area contributed by atoms with E-state index in [-0.39, 0.29) is 12.1 Å². The summed E-state index contributed by atoms with van der Waals surface area (Å²) in [4.78, 5) is 32.3. The van der Waals surface area contributed by atoms with Gasteiger partial charge in [0.2, 0.25) is 0 Å². The minimum Gasteiger partial charge on any atom is -0.385 e. The number of hydrogen-bond acceptors (Lipinski definition) is 9. The standard InChI is InChI=1S/C25H27N7O3S/c1-4-26-24(34)31-25-30-21-8-15(16-10-28-23(14(2)33)29-11-16)7-19(22(21)36-25)20-9-17(5-6-27-20)32-12-18(13-32)35-3/h5-11,14,18,33H,4,12-13H2,1-3H3,(H2,26,30,31,34). The van der Waals surface area contributed by atoms with Gasteiger partial charge in [-0.25, -0.2) is 19.7 Å². The fourth-order valence-corrected chi connectivity index (χ4v) is 4.97. The molecule has 2 amide bonds. The Hall–Kier alpha value is -3.67. The number of urea groups is 1. The number of fused-ring (bicyclic) bond motifs is 1. The summed E-state index contributed by atoms with van der Waals surface area (Å²) in [6, 6.07) is 7.74. The number of amides is 2. The number of methoxy groups -OCH3 is 1. The van der Waals surface area contributed by atoms with Gasteiger partial charge < -0.3 is 20.1 Å². The molecule has 1 aromatic carbocycles. The number of thiazole rings is 1. The van der Waals surface area contributed by atoms with Gasteiger partial charge in [0, 0.05) is 62.1 Å². The van der Waals surface area contributed by atoms with E-state index in [9.17, 15) is 9.90 Å². The smallest absolute Gasteiger partial charge is 0.321 e. The molecule has 1 atom stereocenters. The largest absolute Gasteiger partial charge is 0.385 e. The molecule has 1 fully saturated rings. The first-order valence-electron chi connectivity index (χ1n) is 11.7. The lowest BCUT2D eigenvalue weighted by molar-refractivity contribution is 0.0787. The fraction of sp³-hybridized carbons (Fsp3) is 0.320. The first-order chi connectivity index (χ1) is 17.4. The highest BCUT2D eigenvalue weighted by atomic mass is 32.1. The maximum atomic E-state index is 12.1. The first-order valence-corrected chi connectivity index (χ1v) is 12.5. The predicted octanol–water partition coefficient (Wildman–Crippen LogP) is 3.85. The zero-order valence-electron chi connectivity index (χ0n) is 20.2. The number of aromatic nitrogens is 4. The van der Waals surface area contributed by atoms with Crippen molar-refractivity contribution in [3.05, 3.63) is 48.7 Å². The molecule has 186 valence electrons. The van der Waals surface area contributed by atoms with Crippen LogP contribution in [0.15, 0.2) is 42.9 Å².